The number of rotatable bonds is 6. The smallest absolute Gasteiger partial charge is 0.390 e. The van der Waals surface area contributed by atoms with Gasteiger partial charge in [0.05, 0.1) is 34.6 Å². The number of likely N-dealkylation sites (tertiary alicyclic amines) is 1. The number of carbonyl (C=O) groups is 2. The predicted molar refractivity (Wildman–Crippen MR) is 160 cm³/mol. The van der Waals surface area contributed by atoms with Crippen molar-refractivity contribution in [3.8, 4) is 11.3 Å². The number of hydrogen-bond donors (Lipinski definition) is 1. The zero-order valence-electron chi connectivity index (χ0n) is 24.5. The van der Waals surface area contributed by atoms with E-state index in [1.807, 2.05) is 23.1 Å². The molecule has 0 radical (unpaired) electrons. The number of amides is 2. The number of nitrogens with zero attached hydrogens (tertiary/aromatic N) is 5. The number of carbonyl (C=O) groups excluding carboxylic acids is 2. The molecule has 1 fully saturated rings. The lowest BCUT2D eigenvalue weighted by molar-refractivity contribution is -0.137. The highest BCUT2D eigenvalue weighted by Crippen LogP contribution is 2.38. The summed E-state index contributed by atoms with van der Waals surface area (Å²) >= 11 is 6.53. The largest absolute Gasteiger partial charge is 0.416 e. The Morgan fingerprint density at radius 3 is 2.45 bits per heavy atom. The zero-order chi connectivity index (χ0) is 31.2. The van der Waals surface area contributed by atoms with Crippen molar-refractivity contribution < 1.29 is 27.9 Å². The first-order valence-electron chi connectivity index (χ1n) is 15.0. The van der Waals surface area contributed by atoms with E-state index >= 15 is 0 Å². The Balaban J connectivity index is 1.14. The average Bonchev–Trinajstić information content (AvgIpc) is 3.35. The molecule has 2 amide bonds. The van der Waals surface area contributed by atoms with E-state index in [2.05, 4.69) is 4.90 Å². The molecule has 1 unspecified atom stereocenters. The quantitative estimate of drug-likeness (QED) is 0.418. The lowest BCUT2D eigenvalue weighted by Crippen LogP contribution is -2.50. The molecule has 0 bridgehead atoms. The molecular weight excluding hydrogens is 595 g/mol. The van der Waals surface area contributed by atoms with E-state index < -0.39 is 17.8 Å². The first kappa shape index (κ1) is 30.6. The number of aryl methyl sites for hydroxylation is 1. The van der Waals surface area contributed by atoms with Crippen molar-refractivity contribution in [3.63, 3.8) is 0 Å². The first-order chi connectivity index (χ1) is 21.0. The molecule has 0 aliphatic carbocycles. The number of alkyl halides is 3. The lowest BCUT2D eigenvalue weighted by Gasteiger charge is -2.41. The Kier molecular flexibility index (Phi) is 8.47. The van der Waals surface area contributed by atoms with Crippen LogP contribution in [0.15, 0.2) is 42.5 Å². The second-order valence-corrected chi connectivity index (χ2v) is 12.3. The summed E-state index contributed by atoms with van der Waals surface area (Å²) < 4.78 is 41.2. The van der Waals surface area contributed by atoms with Gasteiger partial charge in [0.25, 0.3) is 0 Å². The van der Waals surface area contributed by atoms with Crippen molar-refractivity contribution in [2.45, 2.75) is 70.4 Å². The number of anilines is 1. The second-order valence-electron chi connectivity index (χ2n) is 11.9. The average molecular weight is 630 g/mol. The van der Waals surface area contributed by atoms with E-state index in [0.717, 1.165) is 47.5 Å². The molecule has 3 aromatic rings. The minimum absolute atomic E-state index is 0.0449. The molecular formula is C32H35ClF3N5O3. The minimum atomic E-state index is -4.44. The fraction of sp³-hybridized carbons (Fsp3) is 0.469. The van der Waals surface area contributed by atoms with Crippen LogP contribution in [0.5, 0.6) is 0 Å². The fourth-order valence-electron chi connectivity index (χ4n) is 6.78. The SMILES string of the molecule is CC(=O)N1CCc2c(c(-c3ccc(C(F)(F)F)cc3)nn2CC(O)CN2CCC(N3C(=O)CCc4cccc(Cl)c43)CC2)C1. The maximum atomic E-state index is 13.2. The van der Waals surface area contributed by atoms with Crippen LogP contribution in [0.1, 0.15) is 48.6 Å². The molecule has 0 spiro atoms. The van der Waals surface area contributed by atoms with Gasteiger partial charge >= 0.3 is 6.18 Å². The molecule has 1 aromatic heterocycles. The number of aliphatic hydroxyl groups is 1. The number of halogens is 4. The molecule has 12 heteroatoms. The molecule has 1 N–H and O–H groups in total. The van der Waals surface area contributed by atoms with E-state index in [1.165, 1.54) is 19.1 Å². The van der Waals surface area contributed by atoms with Crippen LogP contribution in [-0.4, -0.2) is 74.8 Å². The Labute approximate surface area is 259 Å². The van der Waals surface area contributed by atoms with Crippen LogP contribution in [-0.2, 0) is 41.7 Å². The van der Waals surface area contributed by atoms with Gasteiger partial charge in [-0.15, -0.1) is 0 Å². The van der Waals surface area contributed by atoms with Gasteiger partial charge in [0.2, 0.25) is 11.8 Å². The molecule has 8 nitrogen and oxygen atoms in total. The standard InChI is InChI=1S/C32H35ClF3N5O3/c1-20(42)39-16-13-28-26(19-39)30(21-5-8-23(9-6-21)32(34,35)36)37-40(28)18-25(43)17-38-14-11-24(12-15-38)41-29(44)10-7-22-3-2-4-27(33)31(22)41/h2-6,8-9,24-25,43H,7,10-19H2,1H3. The highest BCUT2D eigenvalue weighted by molar-refractivity contribution is 6.34. The molecule has 6 rings (SSSR count). The number of β-amino-alcohol motifs (C(OH)–C–C–N with tert-alkyl or cyclic N) is 1. The van der Waals surface area contributed by atoms with Crippen LogP contribution in [0.2, 0.25) is 5.02 Å². The van der Waals surface area contributed by atoms with Gasteiger partial charge in [-0.25, -0.2) is 0 Å². The Hall–Kier alpha value is -3.41. The molecule has 3 aliphatic heterocycles. The molecule has 1 atom stereocenters. The van der Waals surface area contributed by atoms with Crippen LogP contribution in [0.4, 0.5) is 18.9 Å². The second kappa shape index (κ2) is 12.2. The predicted octanol–water partition coefficient (Wildman–Crippen LogP) is 4.93. The van der Waals surface area contributed by atoms with Gasteiger partial charge in [-0.3, -0.25) is 14.3 Å². The van der Waals surface area contributed by atoms with Gasteiger partial charge in [0, 0.05) is 75.4 Å². The maximum absolute atomic E-state index is 13.2. The highest BCUT2D eigenvalue weighted by atomic mass is 35.5. The van der Waals surface area contributed by atoms with Crippen LogP contribution in [0.25, 0.3) is 11.3 Å². The summed E-state index contributed by atoms with van der Waals surface area (Å²) in [5.41, 5.74) is 3.93. The molecule has 4 heterocycles. The number of aliphatic hydroxyl groups excluding tert-OH is 1. The zero-order valence-corrected chi connectivity index (χ0v) is 25.2. The molecule has 44 heavy (non-hydrogen) atoms. The van der Waals surface area contributed by atoms with E-state index in [4.69, 9.17) is 16.7 Å². The summed E-state index contributed by atoms with van der Waals surface area (Å²) in [6.07, 6.45) is -1.96. The van der Waals surface area contributed by atoms with Crippen molar-refractivity contribution in [3.05, 3.63) is 69.9 Å². The summed E-state index contributed by atoms with van der Waals surface area (Å²) in [4.78, 5) is 30.9. The molecule has 3 aliphatic rings. The molecule has 234 valence electrons. The van der Waals surface area contributed by atoms with E-state index in [-0.39, 0.29) is 24.4 Å². The van der Waals surface area contributed by atoms with Crippen molar-refractivity contribution in [1.29, 1.82) is 0 Å². The third kappa shape index (κ3) is 6.09. The fourth-order valence-corrected chi connectivity index (χ4v) is 7.06. The van der Waals surface area contributed by atoms with Gasteiger partial charge in [-0.05, 0) is 43.0 Å². The number of para-hydroxylation sites is 1. The van der Waals surface area contributed by atoms with Crippen LogP contribution in [0.3, 0.4) is 0 Å². The van der Waals surface area contributed by atoms with E-state index in [9.17, 15) is 27.9 Å². The number of aromatic nitrogens is 2. The summed E-state index contributed by atoms with van der Waals surface area (Å²) in [7, 11) is 0. The summed E-state index contributed by atoms with van der Waals surface area (Å²) in [5, 5.41) is 16.5. The molecule has 2 aromatic carbocycles. The maximum Gasteiger partial charge on any atom is 0.416 e. The normalized spacial score (nSPS) is 18.7. The van der Waals surface area contributed by atoms with Crippen molar-refractivity contribution in [2.24, 2.45) is 0 Å². The topological polar surface area (TPSA) is 81.9 Å². The van der Waals surface area contributed by atoms with Gasteiger partial charge in [0.15, 0.2) is 0 Å². The molecule has 1 saturated heterocycles. The van der Waals surface area contributed by atoms with Crippen molar-refractivity contribution in [2.75, 3.05) is 31.1 Å². The number of benzene rings is 2. The third-order valence-corrected chi connectivity index (χ3v) is 9.33. The van der Waals surface area contributed by atoms with Crippen molar-refractivity contribution >= 4 is 29.1 Å². The Morgan fingerprint density at radius 2 is 1.77 bits per heavy atom. The minimum Gasteiger partial charge on any atom is -0.390 e. The monoisotopic (exact) mass is 629 g/mol. The van der Waals surface area contributed by atoms with Crippen molar-refractivity contribution in [1.82, 2.24) is 19.6 Å². The molecule has 0 saturated carbocycles. The van der Waals surface area contributed by atoms with Crippen LogP contribution >= 0.6 is 11.6 Å². The van der Waals surface area contributed by atoms with Gasteiger partial charge in [0.1, 0.15) is 0 Å². The van der Waals surface area contributed by atoms with Gasteiger partial charge < -0.3 is 19.8 Å². The summed E-state index contributed by atoms with van der Waals surface area (Å²) in [6.45, 7) is 4.38. The third-order valence-electron chi connectivity index (χ3n) is 9.03. The van der Waals surface area contributed by atoms with Gasteiger partial charge in [-0.1, -0.05) is 35.9 Å². The van der Waals surface area contributed by atoms with E-state index in [1.54, 1.807) is 9.58 Å². The summed E-state index contributed by atoms with van der Waals surface area (Å²) in [5.74, 6) is 0.0157. The van der Waals surface area contributed by atoms with E-state index in [0.29, 0.717) is 68.3 Å². The number of piperidine rings is 1. The Bertz CT molecular complexity index is 1550. The number of hydrogen-bond acceptors (Lipinski definition) is 5. The number of fused-ring (bicyclic) bond motifs is 2. The lowest BCUT2D eigenvalue weighted by atomic mass is 9.95. The van der Waals surface area contributed by atoms with Crippen LogP contribution in [0, 0.1) is 0 Å². The van der Waals surface area contributed by atoms with Crippen LogP contribution < -0.4 is 4.90 Å². The highest BCUT2D eigenvalue weighted by Gasteiger charge is 2.35. The summed E-state index contributed by atoms with van der Waals surface area (Å²) in [6, 6.07) is 10.7. The Morgan fingerprint density at radius 1 is 1.05 bits per heavy atom. The first-order valence-corrected chi connectivity index (χ1v) is 15.4. The van der Waals surface area contributed by atoms with Gasteiger partial charge in [-0.2, -0.15) is 18.3 Å².